The highest BCUT2D eigenvalue weighted by atomic mass is 19.1. The van der Waals surface area contributed by atoms with Crippen LogP contribution in [-0.4, -0.2) is 32.1 Å². The molecule has 0 aliphatic heterocycles. The Morgan fingerprint density at radius 2 is 1.33 bits per heavy atom. The zero-order valence-corrected chi connectivity index (χ0v) is 13.0. The molecule has 0 saturated carbocycles. The molecule has 0 atom stereocenters. The third-order valence-corrected chi connectivity index (χ3v) is 2.97. The van der Waals surface area contributed by atoms with Crippen LogP contribution in [0.4, 0.5) is 15.8 Å². The van der Waals surface area contributed by atoms with E-state index in [4.69, 9.17) is 9.47 Å². The van der Waals surface area contributed by atoms with Gasteiger partial charge in [0.15, 0.2) is 0 Å². The third-order valence-electron chi connectivity index (χ3n) is 2.97. The summed E-state index contributed by atoms with van der Waals surface area (Å²) in [4.78, 5) is 23.3. The van der Waals surface area contributed by atoms with Gasteiger partial charge in [0.1, 0.15) is 24.8 Å². The number of ether oxygens (including phenoxy) is 2. The lowest BCUT2D eigenvalue weighted by atomic mass is 10.3. The van der Waals surface area contributed by atoms with Gasteiger partial charge in [0.05, 0.1) is 7.11 Å². The van der Waals surface area contributed by atoms with E-state index in [0.29, 0.717) is 17.1 Å². The summed E-state index contributed by atoms with van der Waals surface area (Å²) < 4.78 is 22.8. The average molecular weight is 332 g/mol. The molecule has 2 aromatic carbocycles. The first kappa shape index (κ1) is 17.4. The van der Waals surface area contributed by atoms with Crippen molar-refractivity contribution in [2.24, 2.45) is 0 Å². The fourth-order valence-corrected chi connectivity index (χ4v) is 1.84. The van der Waals surface area contributed by atoms with Crippen LogP contribution in [0, 0.1) is 5.82 Å². The maximum absolute atomic E-state index is 12.7. The molecule has 24 heavy (non-hydrogen) atoms. The predicted molar refractivity (Wildman–Crippen MR) is 87.5 cm³/mol. The maximum atomic E-state index is 12.7. The number of nitrogens with one attached hydrogen (secondary N) is 2. The van der Waals surface area contributed by atoms with Gasteiger partial charge in [-0.3, -0.25) is 9.59 Å². The molecule has 0 fully saturated rings. The fourth-order valence-electron chi connectivity index (χ4n) is 1.84. The van der Waals surface area contributed by atoms with E-state index in [0.717, 1.165) is 0 Å². The Balaban J connectivity index is 1.69. The first-order valence-corrected chi connectivity index (χ1v) is 7.14. The number of carbonyl (C=O) groups excluding carboxylic acids is 2. The van der Waals surface area contributed by atoms with Crippen molar-refractivity contribution in [1.29, 1.82) is 0 Å². The van der Waals surface area contributed by atoms with Crippen LogP contribution in [0.15, 0.2) is 48.5 Å². The van der Waals surface area contributed by atoms with E-state index >= 15 is 0 Å². The number of rotatable bonds is 7. The number of carbonyl (C=O) groups is 2. The van der Waals surface area contributed by atoms with Crippen molar-refractivity contribution >= 4 is 23.2 Å². The largest absolute Gasteiger partial charge is 0.497 e. The molecule has 7 heteroatoms. The Morgan fingerprint density at radius 1 is 0.875 bits per heavy atom. The third kappa shape index (κ3) is 5.69. The molecule has 2 aromatic rings. The van der Waals surface area contributed by atoms with Crippen molar-refractivity contribution < 1.29 is 23.5 Å². The van der Waals surface area contributed by atoms with Gasteiger partial charge < -0.3 is 20.1 Å². The number of anilines is 2. The van der Waals surface area contributed by atoms with Crippen molar-refractivity contribution in [1.82, 2.24) is 0 Å². The van der Waals surface area contributed by atoms with Crippen LogP contribution < -0.4 is 15.4 Å². The molecule has 0 bridgehead atoms. The van der Waals surface area contributed by atoms with Crippen LogP contribution in [0.25, 0.3) is 0 Å². The number of hydrogen-bond acceptors (Lipinski definition) is 4. The van der Waals surface area contributed by atoms with E-state index < -0.39 is 5.91 Å². The zero-order chi connectivity index (χ0) is 17.4. The molecule has 0 aliphatic carbocycles. The van der Waals surface area contributed by atoms with Gasteiger partial charge in [0.25, 0.3) is 0 Å². The van der Waals surface area contributed by atoms with Gasteiger partial charge in [-0.15, -0.1) is 0 Å². The highest BCUT2D eigenvalue weighted by Crippen LogP contribution is 2.14. The average Bonchev–Trinajstić information content (AvgIpc) is 2.57. The van der Waals surface area contributed by atoms with Gasteiger partial charge in [0.2, 0.25) is 11.8 Å². The number of benzene rings is 2. The summed E-state index contributed by atoms with van der Waals surface area (Å²) in [7, 11) is 1.55. The van der Waals surface area contributed by atoms with E-state index in [1.807, 2.05) is 0 Å². The van der Waals surface area contributed by atoms with Crippen LogP contribution in [-0.2, 0) is 14.3 Å². The van der Waals surface area contributed by atoms with E-state index in [9.17, 15) is 14.0 Å². The molecule has 0 radical (unpaired) electrons. The second-order valence-electron chi connectivity index (χ2n) is 4.82. The summed E-state index contributed by atoms with van der Waals surface area (Å²) in [5.74, 6) is -0.519. The minimum atomic E-state index is -0.432. The van der Waals surface area contributed by atoms with Gasteiger partial charge in [0, 0.05) is 11.4 Å². The fraction of sp³-hybridized carbons (Fsp3) is 0.176. The second-order valence-corrected chi connectivity index (χ2v) is 4.82. The molecule has 0 aromatic heterocycles. The van der Waals surface area contributed by atoms with Crippen LogP contribution in [0.2, 0.25) is 0 Å². The summed E-state index contributed by atoms with van der Waals surface area (Å²) in [6.45, 7) is -0.545. The Morgan fingerprint density at radius 3 is 1.79 bits per heavy atom. The maximum Gasteiger partial charge on any atom is 0.250 e. The zero-order valence-electron chi connectivity index (χ0n) is 13.0. The predicted octanol–water partition coefficient (Wildman–Crippen LogP) is 2.43. The summed E-state index contributed by atoms with van der Waals surface area (Å²) in [6.07, 6.45) is 0. The molecule has 0 unspecified atom stereocenters. The normalized spacial score (nSPS) is 10.1. The lowest BCUT2D eigenvalue weighted by Crippen LogP contribution is -2.23. The number of halogens is 1. The molecule has 2 amide bonds. The molecule has 0 heterocycles. The van der Waals surface area contributed by atoms with Crippen molar-refractivity contribution in [3.8, 4) is 5.75 Å². The van der Waals surface area contributed by atoms with Gasteiger partial charge >= 0.3 is 0 Å². The quantitative estimate of drug-likeness (QED) is 0.816. The van der Waals surface area contributed by atoms with Crippen molar-refractivity contribution in [3.63, 3.8) is 0 Å². The molecule has 2 N–H and O–H groups in total. The van der Waals surface area contributed by atoms with Gasteiger partial charge in [-0.2, -0.15) is 0 Å². The molecule has 2 rings (SSSR count). The highest BCUT2D eigenvalue weighted by molar-refractivity contribution is 5.93. The Labute approximate surface area is 138 Å². The molecule has 0 saturated heterocycles. The molecule has 0 aliphatic rings. The Kier molecular flexibility index (Phi) is 6.27. The van der Waals surface area contributed by atoms with Crippen LogP contribution in [0.5, 0.6) is 5.75 Å². The lowest BCUT2D eigenvalue weighted by molar-refractivity contribution is -0.125. The molecular weight excluding hydrogens is 315 g/mol. The minimum absolute atomic E-state index is 0.261. The Hall–Kier alpha value is -2.93. The molecular formula is C17H17FN2O4. The lowest BCUT2D eigenvalue weighted by Gasteiger charge is -2.08. The number of methoxy groups -OCH3 is 1. The van der Waals surface area contributed by atoms with E-state index in [2.05, 4.69) is 10.6 Å². The summed E-state index contributed by atoms with van der Waals surface area (Å²) in [6, 6.07) is 12.2. The number of amides is 2. The smallest absolute Gasteiger partial charge is 0.250 e. The van der Waals surface area contributed by atoms with Crippen LogP contribution in [0.1, 0.15) is 0 Å². The monoisotopic (exact) mass is 332 g/mol. The van der Waals surface area contributed by atoms with Gasteiger partial charge in [-0.25, -0.2) is 4.39 Å². The topological polar surface area (TPSA) is 76.7 Å². The van der Waals surface area contributed by atoms with Crippen LogP contribution in [0.3, 0.4) is 0 Å². The van der Waals surface area contributed by atoms with E-state index in [1.54, 1.807) is 31.4 Å². The van der Waals surface area contributed by atoms with Gasteiger partial charge in [-0.1, -0.05) is 0 Å². The van der Waals surface area contributed by atoms with Crippen LogP contribution >= 0.6 is 0 Å². The van der Waals surface area contributed by atoms with Gasteiger partial charge in [-0.05, 0) is 48.5 Å². The standard InChI is InChI=1S/C17H17FN2O4/c1-23-15-8-6-14(7-9-15)20-17(22)11-24-10-16(21)19-13-4-2-12(18)3-5-13/h2-9H,10-11H2,1H3,(H,19,21)(H,20,22). The van der Waals surface area contributed by atoms with Crippen molar-refractivity contribution in [3.05, 3.63) is 54.3 Å². The second kappa shape index (κ2) is 8.64. The Bertz CT molecular complexity index is 687. The number of hydrogen-bond donors (Lipinski definition) is 2. The first-order chi connectivity index (χ1) is 11.6. The van der Waals surface area contributed by atoms with E-state index in [-0.39, 0.29) is 24.9 Å². The summed E-state index contributed by atoms with van der Waals surface area (Å²) in [5, 5.41) is 5.16. The molecule has 6 nitrogen and oxygen atoms in total. The SMILES string of the molecule is COc1ccc(NC(=O)COCC(=O)Nc2ccc(F)cc2)cc1. The minimum Gasteiger partial charge on any atom is -0.497 e. The van der Waals surface area contributed by atoms with Crippen molar-refractivity contribution in [2.75, 3.05) is 31.0 Å². The van der Waals surface area contributed by atoms with E-state index in [1.165, 1.54) is 24.3 Å². The molecule has 0 spiro atoms. The molecule has 126 valence electrons. The highest BCUT2D eigenvalue weighted by Gasteiger charge is 2.06. The first-order valence-electron chi connectivity index (χ1n) is 7.14. The van der Waals surface area contributed by atoms with Crippen molar-refractivity contribution in [2.45, 2.75) is 0 Å². The summed E-state index contributed by atoms with van der Waals surface area (Å²) in [5.41, 5.74) is 1.05. The summed E-state index contributed by atoms with van der Waals surface area (Å²) >= 11 is 0.